The van der Waals surface area contributed by atoms with Gasteiger partial charge in [-0.2, -0.15) is 4.99 Å². The van der Waals surface area contributed by atoms with Gasteiger partial charge in [-0.3, -0.25) is 0 Å². The third kappa shape index (κ3) is 1.39. The van der Waals surface area contributed by atoms with E-state index in [1.807, 2.05) is 0 Å². The summed E-state index contributed by atoms with van der Waals surface area (Å²) in [6, 6.07) is 1.68. The molecule has 0 unspecified atom stereocenters. The van der Waals surface area contributed by atoms with Crippen LogP contribution in [0.25, 0.3) is 0 Å². The van der Waals surface area contributed by atoms with Gasteiger partial charge in [-0.25, -0.2) is 4.79 Å². The van der Waals surface area contributed by atoms with E-state index in [4.69, 9.17) is 11.6 Å². The van der Waals surface area contributed by atoms with Crippen LogP contribution in [0.5, 0.6) is 0 Å². The zero-order valence-electron chi connectivity index (χ0n) is 4.30. The van der Waals surface area contributed by atoms with Gasteiger partial charge in [-0.05, 0) is 11.4 Å². The molecule has 0 aliphatic rings. The average Bonchev–Trinajstić information content (AvgIpc) is 2.18. The summed E-state index contributed by atoms with van der Waals surface area (Å²) in [5.41, 5.74) is 0. The van der Waals surface area contributed by atoms with Crippen molar-refractivity contribution >= 4 is 34.0 Å². The van der Waals surface area contributed by atoms with E-state index in [0.29, 0.717) is 10.0 Å². The summed E-state index contributed by atoms with van der Waals surface area (Å²) in [6.07, 6.45) is 1.41. The van der Waals surface area contributed by atoms with E-state index in [-0.39, 0.29) is 0 Å². The molecule has 9 heavy (non-hydrogen) atoms. The number of carbonyl (C=O) groups excluding carboxylic acids is 1. The molecule has 0 radical (unpaired) electrons. The van der Waals surface area contributed by atoms with Gasteiger partial charge in [-0.15, -0.1) is 11.3 Å². The lowest BCUT2D eigenvalue weighted by atomic mass is 10.6. The standard InChI is InChI=1S/C5H2ClNOS/c6-4-1-2-9-5(4)7-3-8/h1-2H. The van der Waals surface area contributed by atoms with Gasteiger partial charge in [0, 0.05) is 0 Å². The van der Waals surface area contributed by atoms with Crippen LogP contribution in [0, 0.1) is 0 Å². The Kier molecular flexibility index (Phi) is 2.01. The van der Waals surface area contributed by atoms with Crippen LogP contribution in [0.2, 0.25) is 5.02 Å². The van der Waals surface area contributed by atoms with Crippen molar-refractivity contribution in [1.29, 1.82) is 0 Å². The van der Waals surface area contributed by atoms with Gasteiger partial charge in [-0.1, -0.05) is 11.6 Å². The normalized spacial score (nSPS) is 8.56. The van der Waals surface area contributed by atoms with Crippen LogP contribution < -0.4 is 0 Å². The van der Waals surface area contributed by atoms with Crippen LogP contribution in [0.4, 0.5) is 5.00 Å². The highest BCUT2D eigenvalue weighted by atomic mass is 35.5. The molecule has 4 heteroatoms. The molecule has 0 aliphatic heterocycles. The zero-order chi connectivity index (χ0) is 6.69. The second kappa shape index (κ2) is 2.78. The lowest BCUT2D eigenvalue weighted by Crippen LogP contribution is -1.50. The number of isocyanates is 1. The maximum Gasteiger partial charge on any atom is 0.241 e. The number of halogens is 1. The minimum atomic E-state index is 0.503. The Bertz CT molecular complexity index is 251. The molecule has 0 fully saturated rings. The largest absolute Gasteiger partial charge is 0.241 e. The van der Waals surface area contributed by atoms with Crippen molar-refractivity contribution in [3.63, 3.8) is 0 Å². The molecule has 0 amide bonds. The quantitative estimate of drug-likeness (QED) is 0.457. The first kappa shape index (κ1) is 6.49. The second-order valence-electron chi connectivity index (χ2n) is 1.28. The minimum Gasteiger partial charge on any atom is -0.211 e. The molecule has 0 N–H and O–H groups in total. The SMILES string of the molecule is O=C=Nc1sccc1Cl. The van der Waals surface area contributed by atoms with E-state index in [1.54, 1.807) is 11.4 Å². The predicted octanol–water partition coefficient (Wildman–Crippen LogP) is 2.37. The molecule has 0 saturated heterocycles. The molecule has 1 rings (SSSR count). The summed E-state index contributed by atoms with van der Waals surface area (Å²) in [5.74, 6) is 0. The van der Waals surface area contributed by atoms with Gasteiger partial charge in [0.2, 0.25) is 6.08 Å². The third-order valence-corrected chi connectivity index (χ3v) is 1.97. The summed E-state index contributed by atoms with van der Waals surface area (Å²) in [6.45, 7) is 0. The van der Waals surface area contributed by atoms with Crippen LogP contribution in [0.1, 0.15) is 0 Å². The first-order chi connectivity index (χ1) is 4.34. The van der Waals surface area contributed by atoms with Gasteiger partial charge in [0.05, 0.1) is 5.02 Å². The molecular formula is C5H2ClNOS. The molecule has 0 aliphatic carbocycles. The highest BCUT2D eigenvalue weighted by Crippen LogP contribution is 2.29. The maximum atomic E-state index is 9.68. The first-order valence-corrected chi connectivity index (χ1v) is 3.41. The maximum absolute atomic E-state index is 9.68. The Hall–Kier alpha value is -0.630. The van der Waals surface area contributed by atoms with Crippen LogP contribution in [-0.4, -0.2) is 6.08 Å². The van der Waals surface area contributed by atoms with Crippen molar-refractivity contribution in [3.8, 4) is 0 Å². The lowest BCUT2D eigenvalue weighted by molar-refractivity contribution is 0.565. The fraction of sp³-hybridized carbons (Fsp3) is 0. The number of nitrogens with zero attached hydrogens (tertiary/aromatic N) is 1. The topological polar surface area (TPSA) is 29.4 Å². The fourth-order valence-corrected chi connectivity index (χ4v) is 1.32. The Labute approximate surface area is 60.8 Å². The van der Waals surface area contributed by atoms with Gasteiger partial charge in [0.15, 0.2) is 0 Å². The van der Waals surface area contributed by atoms with Crippen molar-refractivity contribution in [2.24, 2.45) is 4.99 Å². The number of thiophene rings is 1. The van der Waals surface area contributed by atoms with Gasteiger partial charge in [0.25, 0.3) is 0 Å². The Morgan fingerprint density at radius 2 is 2.56 bits per heavy atom. The summed E-state index contributed by atoms with van der Waals surface area (Å²) in [4.78, 5) is 13.0. The molecule has 2 nitrogen and oxygen atoms in total. The summed E-state index contributed by atoms with van der Waals surface area (Å²) >= 11 is 6.87. The summed E-state index contributed by atoms with van der Waals surface area (Å²) in [5, 5.41) is 2.79. The van der Waals surface area contributed by atoms with E-state index in [1.165, 1.54) is 17.4 Å². The van der Waals surface area contributed by atoms with Crippen molar-refractivity contribution < 1.29 is 4.79 Å². The second-order valence-corrected chi connectivity index (χ2v) is 2.58. The lowest BCUT2D eigenvalue weighted by Gasteiger charge is -1.77. The summed E-state index contributed by atoms with van der Waals surface area (Å²) in [7, 11) is 0. The van der Waals surface area contributed by atoms with E-state index in [9.17, 15) is 4.79 Å². The van der Waals surface area contributed by atoms with Crippen molar-refractivity contribution in [2.75, 3.05) is 0 Å². The van der Waals surface area contributed by atoms with Crippen molar-refractivity contribution in [2.45, 2.75) is 0 Å². The highest BCUT2D eigenvalue weighted by Gasteiger charge is 1.96. The monoisotopic (exact) mass is 159 g/mol. The molecule has 0 aromatic carbocycles. The first-order valence-electron chi connectivity index (χ1n) is 2.15. The zero-order valence-corrected chi connectivity index (χ0v) is 5.87. The van der Waals surface area contributed by atoms with E-state index in [2.05, 4.69) is 4.99 Å². The Balaban J connectivity index is 3.07. The van der Waals surface area contributed by atoms with E-state index < -0.39 is 0 Å². The number of hydrogen-bond acceptors (Lipinski definition) is 3. The summed E-state index contributed by atoms with van der Waals surface area (Å²) < 4.78 is 0. The van der Waals surface area contributed by atoms with Crippen LogP contribution in [-0.2, 0) is 4.79 Å². The van der Waals surface area contributed by atoms with Crippen LogP contribution in [0.15, 0.2) is 16.4 Å². The molecule has 0 spiro atoms. The highest BCUT2D eigenvalue weighted by molar-refractivity contribution is 7.14. The molecule has 0 atom stereocenters. The van der Waals surface area contributed by atoms with Gasteiger partial charge < -0.3 is 0 Å². The van der Waals surface area contributed by atoms with E-state index in [0.717, 1.165) is 0 Å². The molecule has 1 aromatic heterocycles. The smallest absolute Gasteiger partial charge is 0.211 e. The van der Waals surface area contributed by atoms with Crippen LogP contribution in [0.3, 0.4) is 0 Å². The molecule has 1 heterocycles. The van der Waals surface area contributed by atoms with Gasteiger partial charge in [0.1, 0.15) is 5.00 Å². The van der Waals surface area contributed by atoms with Crippen LogP contribution >= 0.6 is 22.9 Å². The van der Waals surface area contributed by atoms with Crippen molar-refractivity contribution in [1.82, 2.24) is 0 Å². The Morgan fingerprint density at radius 3 is 3.00 bits per heavy atom. The van der Waals surface area contributed by atoms with Crippen molar-refractivity contribution in [3.05, 3.63) is 16.5 Å². The van der Waals surface area contributed by atoms with Gasteiger partial charge >= 0.3 is 0 Å². The third-order valence-electron chi connectivity index (χ3n) is 0.746. The molecule has 1 aromatic rings. The molecule has 0 bridgehead atoms. The fourth-order valence-electron chi connectivity index (χ4n) is 0.407. The van der Waals surface area contributed by atoms with E-state index >= 15 is 0 Å². The Morgan fingerprint density at radius 1 is 1.78 bits per heavy atom. The molecule has 0 saturated carbocycles. The number of hydrogen-bond donors (Lipinski definition) is 0. The minimum absolute atomic E-state index is 0.503. The average molecular weight is 160 g/mol. The number of aliphatic imine (C=N–C) groups is 1. The molecular weight excluding hydrogens is 158 g/mol. The predicted molar refractivity (Wildman–Crippen MR) is 37.1 cm³/mol. The molecule has 46 valence electrons. The number of rotatable bonds is 1.